The molecule has 0 radical (unpaired) electrons. The molecule has 0 aromatic carbocycles. The van der Waals surface area contributed by atoms with Gasteiger partial charge in [0.25, 0.3) is 5.91 Å². The summed E-state index contributed by atoms with van der Waals surface area (Å²) >= 11 is 12.5. The highest BCUT2D eigenvalue weighted by Crippen LogP contribution is 2.32. The molecule has 1 aliphatic rings. The van der Waals surface area contributed by atoms with Crippen molar-refractivity contribution in [3.05, 3.63) is 15.1 Å². The number of nitriles is 1. The summed E-state index contributed by atoms with van der Waals surface area (Å²) in [4.78, 5) is 12.2. The molecule has 1 fully saturated rings. The van der Waals surface area contributed by atoms with Gasteiger partial charge in [0.1, 0.15) is 15.4 Å². The SMILES string of the molecule is N#CC1(NC(=O)c2snc(Cl)c2Cl)CCCC1. The van der Waals surface area contributed by atoms with Gasteiger partial charge in [-0.25, -0.2) is 0 Å². The highest BCUT2D eigenvalue weighted by molar-refractivity contribution is 7.09. The first-order valence-electron chi connectivity index (χ1n) is 5.12. The van der Waals surface area contributed by atoms with E-state index in [9.17, 15) is 4.79 Å². The number of nitrogens with one attached hydrogen (secondary N) is 1. The highest BCUT2D eigenvalue weighted by Gasteiger charge is 2.36. The summed E-state index contributed by atoms with van der Waals surface area (Å²) in [5.74, 6) is -0.372. The van der Waals surface area contributed by atoms with E-state index in [2.05, 4.69) is 15.8 Å². The molecule has 1 amide bonds. The van der Waals surface area contributed by atoms with Crippen LogP contribution in [0.2, 0.25) is 10.2 Å². The van der Waals surface area contributed by atoms with Crippen molar-refractivity contribution in [1.82, 2.24) is 9.69 Å². The first kappa shape index (κ1) is 12.6. The Morgan fingerprint density at radius 2 is 2.12 bits per heavy atom. The lowest BCUT2D eigenvalue weighted by atomic mass is 10.00. The predicted octanol–water partition coefficient (Wildman–Crippen LogP) is 3.02. The zero-order chi connectivity index (χ0) is 12.5. The van der Waals surface area contributed by atoms with Crippen LogP contribution in [0.15, 0.2) is 0 Å². The van der Waals surface area contributed by atoms with E-state index in [1.54, 1.807) is 0 Å². The second kappa shape index (κ2) is 4.81. The molecule has 0 aliphatic heterocycles. The Hall–Kier alpha value is -0.830. The normalized spacial score (nSPS) is 17.7. The van der Waals surface area contributed by atoms with Gasteiger partial charge < -0.3 is 5.32 Å². The third kappa shape index (κ3) is 2.39. The van der Waals surface area contributed by atoms with Gasteiger partial charge in [0.15, 0.2) is 5.15 Å². The number of rotatable bonds is 2. The van der Waals surface area contributed by atoms with Gasteiger partial charge in [-0.15, -0.1) is 0 Å². The quantitative estimate of drug-likeness (QED) is 0.910. The van der Waals surface area contributed by atoms with Gasteiger partial charge in [0.2, 0.25) is 0 Å². The smallest absolute Gasteiger partial charge is 0.265 e. The minimum atomic E-state index is -0.753. The van der Waals surface area contributed by atoms with Gasteiger partial charge in [-0.1, -0.05) is 23.2 Å². The molecule has 1 aromatic rings. The number of amides is 1. The molecule has 7 heteroatoms. The van der Waals surface area contributed by atoms with E-state index in [0.717, 1.165) is 24.4 Å². The fraction of sp³-hybridized carbons (Fsp3) is 0.500. The Morgan fingerprint density at radius 1 is 1.47 bits per heavy atom. The average molecular weight is 290 g/mol. The molecular weight excluding hydrogens is 281 g/mol. The van der Waals surface area contributed by atoms with Crippen LogP contribution in [0.4, 0.5) is 0 Å². The van der Waals surface area contributed by atoms with Crippen molar-refractivity contribution in [1.29, 1.82) is 5.26 Å². The Morgan fingerprint density at radius 3 is 2.59 bits per heavy atom. The predicted molar refractivity (Wildman–Crippen MR) is 66.4 cm³/mol. The van der Waals surface area contributed by atoms with Crippen molar-refractivity contribution in [3.8, 4) is 6.07 Å². The Kier molecular flexibility index (Phi) is 3.57. The number of carbonyl (C=O) groups excluding carboxylic acids is 1. The monoisotopic (exact) mass is 289 g/mol. The summed E-state index contributed by atoms with van der Waals surface area (Å²) in [5.41, 5.74) is -0.753. The standard InChI is InChI=1S/C10H9Cl2N3OS/c11-6-7(17-15-8(6)12)9(16)14-10(5-13)3-1-2-4-10/h1-4H2,(H,14,16). The maximum absolute atomic E-state index is 12.0. The fourth-order valence-electron chi connectivity index (χ4n) is 1.92. The number of halogens is 2. The number of aromatic nitrogens is 1. The lowest BCUT2D eigenvalue weighted by molar-refractivity contribution is 0.0925. The molecule has 1 saturated carbocycles. The molecule has 17 heavy (non-hydrogen) atoms. The molecule has 2 rings (SSSR count). The Balaban J connectivity index is 2.17. The third-order valence-electron chi connectivity index (χ3n) is 2.83. The topological polar surface area (TPSA) is 65.8 Å². The first-order chi connectivity index (χ1) is 8.08. The third-order valence-corrected chi connectivity index (χ3v) is 4.62. The summed E-state index contributed by atoms with van der Waals surface area (Å²) in [6.07, 6.45) is 3.26. The molecule has 1 heterocycles. The summed E-state index contributed by atoms with van der Waals surface area (Å²) < 4.78 is 3.79. The second-order valence-corrected chi connectivity index (χ2v) is 5.48. The molecule has 0 bridgehead atoms. The molecule has 0 unspecified atom stereocenters. The lowest BCUT2D eigenvalue weighted by Crippen LogP contribution is -2.44. The van der Waals surface area contributed by atoms with Gasteiger partial charge in [-0.3, -0.25) is 4.79 Å². The van der Waals surface area contributed by atoms with E-state index in [-0.39, 0.29) is 21.0 Å². The minimum absolute atomic E-state index is 0.124. The molecule has 1 N–H and O–H groups in total. The highest BCUT2D eigenvalue weighted by atomic mass is 35.5. The van der Waals surface area contributed by atoms with E-state index in [4.69, 9.17) is 28.5 Å². The number of carbonyl (C=O) groups is 1. The lowest BCUT2D eigenvalue weighted by Gasteiger charge is -2.21. The summed E-state index contributed by atoms with van der Waals surface area (Å²) in [6, 6.07) is 2.18. The molecule has 0 saturated heterocycles. The van der Waals surface area contributed by atoms with Crippen LogP contribution in [0.3, 0.4) is 0 Å². The molecule has 1 aromatic heterocycles. The summed E-state index contributed by atoms with van der Waals surface area (Å²) in [7, 11) is 0. The van der Waals surface area contributed by atoms with Crippen LogP contribution in [0.5, 0.6) is 0 Å². The van der Waals surface area contributed by atoms with Crippen molar-refractivity contribution in [2.75, 3.05) is 0 Å². The summed E-state index contributed by atoms with van der Waals surface area (Å²) in [6.45, 7) is 0. The number of nitrogens with zero attached hydrogens (tertiary/aromatic N) is 2. The van der Waals surface area contributed by atoms with Crippen LogP contribution in [0, 0.1) is 11.3 Å². The van der Waals surface area contributed by atoms with Crippen LogP contribution >= 0.6 is 34.7 Å². The van der Waals surface area contributed by atoms with E-state index < -0.39 is 5.54 Å². The van der Waals surface area contributed by atoms with Crippen LogP contribution in [0.25, 0.3) is 0 Å². The molecule has 1 aliphatic carbocycles. The van der Waals surface area contributed by atoms with Crippen molar-refractivity contribution >= 4 is 40.6 Å². The molecule has 0 atom stereocenters. The number of hydrogen-bond acceptors (Lipinski definition) is 4. The molecule has 90 valence electrons. The number of hydrogen-bond donors (Lipinski definition) is 1. The second-order valence-electron chi connectivity index (χ2n) is 3.97. The van der Waals surface area contributed by atoms with Crippen molar-refractivity contribution < 1.29 is 4.79 Å². The Labute approximate surface area is 113 Å². The first-order valence-corrected chi connectivity index (χ1v) is 6.65. The van der Waals surface area contributed by atoms with E-state index in [1.165, 1.54) is 0 Å². The van der Waals surface area contributed by atoms with Gasteiger partial charge in [0.05, 0.1) is 6.07 Å². The molecular formula is C10H9Cl2N3OS. The van der Waals surface area contributed by atoms with Gasteiger partial charge in [-0.2, -0.15) is 9.64 Å². The minimum Gasteiger partial charge on any atom is -0.333 e. The van der Waals surface area contributed by atoms with E-state index in [1.807, 2.05) is 0 Å². The van der Waals surface area contributed by atoms with Gasteiger partial charge >= 0.3 is 0 Å². The van der Waals surface area contributed by atoms with Crippen molar-refractivity contribution in [2.24, 2.45) is 0 Å². The fourth-order valence-corrected chi connectivity index (χ4v) is 3.03. The zero-order valence-corrected chi connectivity index (χ0v) is 11.1. The average Bonchev–Trinajstić information content (AvgIpc) is 2.89. The maximum atomic E-state index is 12.0. The van der Waals surface area contributed by atoms with Crippen molar-refractivity contribution in [3.63, 3.8) is 0 Å². The van der Waals surface area contributed by atoms with E-state index >= 15 is 0 Å². The van der Waals surface area contributed by atoms with Crippen LogP contribution in [-0.2, 0) is 0 Å². The largest absolute Gasteiger partial charge is 0.333 e. The maximum Gasteiger partial charge on any atom is 0.265 e. The summed E-state index contributed by atoms with van der Waals surface area (Å²) in [5, 5.41) is 12.2. The van der Waals surface area contributed by atoms with Crippen LogP contribution in [-0.4, -0.2) is 15.8 Å². The van der Waals surface area contributed by atoms with Crippen LogP contribution < -0.4 is 5.32 Å². The Bertz CT molecular complexity index is 488. The molecule has 0 spiro atoms. The van der Waals surface area contributed by atoms with Gasteiger partial charge in [-0.05, 0) is 37.2 Å². The van der Waals surface area contributed by atoms with Crippen molar-refractivity contribution in [2.45, 2.75) is 31.2 Å². The van der Waals surface area contributed by atoms with E-state index in [0.29, 0.717) is 12.8 Å². The van der Waals surface area contributed by atoms with Crippen LogP contribution in [0.1, 0.15) is 35.4 Å². The zero-order valence-electron chi connectivity index (χ0n) is 8.80. The molecule has 4 nitrogen and oxygen atoms in total. The van der Waals surface area contributed by atoms with Gasteiger partial charge in [0, 0.05) is 0 Å².